The van der Waals surface area contributed by atoms with Crippen LogP contribution in [0.3, 0.4) is 0 Å². The summed E-state index contributed by atoms with van der Waals surface area (Å²) in [5, 5.41) is 5.25. The van der Waals surface area contributed by atoms with Gasteiger partial charge < -0.3 is 9.30 Å². The minimum atomic E-state index is -0.326. The zero-order valence-corrected chi connectivity index (χ0v) is 20.6. The third-order valence-electron chi connectivity index (χ3n) is 4.96. The minimum Gasteiger partial charge on any atom is -0.488 e. The molecule has 0 unspecified atom stereocenters. The molecule has 1 amide bonds. The van der Waals surface area contributed by atoms with Gasteiger partial charge >= 0.3 is 0 Å². The van der Waals surface area contributed by atoms with Crippen molar-refractivity contribution < 1.29 is 9.53 Å². The number of nitrogens with one attached hydrogen (secondary N) is 1. The molecule has 0 bridgehead atoms. The number of hydrogen-bond acceptors (Lipinski definition) is 4. The van der Waals surface area contributed by atoms with E-state index in [4.69, 9.17) is 4.74 Å². The first-order valence-corrected chi connectivity index (χ1v) is 11.6. The van der Waals surface area contributed by atoms with Gasteiger partial charge in [0.05, 0.1) is 21.7 Å². The number of ether oxygens (including phenoxy) is 1. The van der Waals surface area contributed by atoms with Crippen molar-refractivity contribution in [3.05, 3.63) is 98.1 Å². The van der Waals surface area contributed by atoms with Gasteiger partial charge in [0, 0.05) is 20.8 Å². The molecule has 4 aromatic rings. The van der Waals surface area contributed by atoms with E-state index in [-0.39, 0.29) is 17.9 Å². The van der Waals surface area contributed by atoms with Gasteiger partial charge in [-0.1, -0.05) is 52.9 Å². The van der Waals surface area contributed by atoms with Gasteiger partial charge in [-0.15, -0.1) is 0 Å². The van der Waals surface area contributed by atoms with Gasteiger partial charge in [0.25, 0.3) is 5.91 Å². The molecule has 1 N–H and O–H groups in total. The van der Waals surface area contributed by atoms with Crippen molar-refractivity contribution in [3.8, 4) is 5.75 Å². The lowest BCUT2D eigenvalue weighted by molar-refractivity contribution is -0.121. The Morgan fingerprint density at radius 3 is 2.33 bits per heavy atom. The SMILES string of the molecule is C=CCOc1c(Br)cc(Br)cc1/C=N/NC(=O)Cn1c2ccccc2c(=O)c2ccccc21. The average molecular weight is 569 g/mol. The van der Waals surface area contributed by atoms with Crippen molar-refractivity contribution in [1.82, 2.24) is 9.99 Å². The van der Waals surface area contributed by atoms with Crippen LogP contribution in [0.15, 0.2) is 92.2 Å². The predicted octanol–water partition coefficient (Wildman–Crippen LogP) is 5.39. The van der Waals surface area contributed by atoms with E-state index in [0.29, 0.717) is 39.7 Å². The molecule has 166 valence electrons. The highest BCUT2D eigenvalue weighted by molar-refractivity contribution is 9.11. The van der Waals surface area contributed by atoms with Gasteiger partial charge in [-0.25, -0.2) is 5.43 Å². The van der Waals surface area contributed by atoms with Crippen LogP contribution in [-0.4, -0.2) is 23.3 Å². The van der Waals surface area contributed by atoms with Crippen LogP contribution in [-0.2, 0) is 11.3 Å². The molecular weight excluding hydrogens is 550 g/mol. The second-order valence-electron chi connectivity index (χ2n) is 7.15. The molecule has 33 heavy (non-hydrogen) atoms. The molecule has 1 aromatic heterocycles. The van der Waals surface area contributed by atoms with E-state index < -0.39 is 0 Å². The van der Waals surface area contributed by atoms with Gasteiger partial charge in [0.2, 0.25) is 0 Å². The molecule has 0 aliphatic heterocycles. The Labute approximate surface area is 206 Å². The van der Waals surface area contributed by atoms with Gasteiger partial charge in [-0.2, -0.15) is 5.10 Å². The summed E-state index contributed by atoms with van der Waals surface area (Å²) < 4.78 is 9.11. The zero-order chi connectivity index (χ0) is 23.4. The van der Waals surface area contributed by atoms with Gasteiger partial charge in [-0.05, 0) is 52.3 Å². The summed E-state index contributed by atoms with van der Waals surface area (Å²) in [6, 6.07) is 18.2. The summed E-state index contributed by atoms with van der Waals surface area (Å²) in [5.41, 5.74) is 4.58. The smallest absolute Gasteiger partial charge is 0.260 e. The summed E-state index contributed by atoms with van der Waals surface area (Å²) in [6.45, 7) is 4.00. The number of halogens is 2. The Morgan fingerprint density at radius 1 is 1.06 bits per heavy atom. The normalized spacial score (nSPS) is 11.2. The molecule has 0 saturated heterocycles. The van der Waals surface area contributed by atoms with E-state index in [1.165, 1.54) is 6.21 Å². The maximum Gasteiger partial charge on any atom is 0.260 e. The molecule has 0 aliphatic carbocycles. The van der Waals surface area contributed by atoms with Crippen molar-refractivity contribution in [2.45, 2.75) is 6.54 Å². The lowest BCUT2D eigenvalue weighted by Gasteiger charge is -2.14. The number of benzene rings is 3. The fourth-order valence-electron chi connectivity index (χ4n) is 3.57. The highest BCUT2D eigenvalue weighted by Crippen LogP contribution is 2.32. The molecule has 3 aromatic carbocycles. The van der Waals surface area contributed by atoms with Gasteiger partial charge in [0.15, 0.2) is 5.43 Å². The number of carbonyl (C=O) groups excluding carboxylic acids is 1. The first-order valence-electron chi connectivity index (χ1n) is 10.0. The third kappa shape index (κ3) is 4.91. The molecule has 6 nitrogen and oxygen atoms in total. The Morgan fingerprint density at radius 2 is 1.70 bits per heavy atom. The summed E-state index contributed by atoms with van der Waals surface area (Å²) in [5.74, 6) is 0.265. The Hall–Kier alpha value is -3.23. The topological polar surface area (TPSA) is 72.7 Å². The molecular formula is C25H19Br2N3O3. The number of fused-ring (bicyclic) bond motifs is 2. The number of hydrogen-bond donors (Lipinski definition) is 1. The summed E-state index contributed by atoms with van der Waals surface area (Å²) in [6.07, 6.45) is 3.17. The molecule has 8 heteroatoms. The monoisotopic (exact) mass is 567 g/mol. The number of hydrazone groups is 1. The maximum atomic E-state index is 12.9. The maximum absolute atomic E-state index is 12.9. The van der Waals surface area contributed by atoms with E-state index in [9.17, 15) is 9.59 Å². The van der Waals surface area contributed by atoms with E-state index in [1.807, 2.05) is 53.1 Å². The van der Waals surface area contributed by atoms with Crippen LogP contribution in [0.5, 0.6) is 5.75 Å². The van der Waals surface area contributed by atoms with Gasteiger partial charge in [0.1, 0.15) is 18.9 Å². The van der Waals surface area contributed by atoms with Crippen LogP contribution in [0.1, 0.15) is 5.56 Å². The predicted molar refractivity (Wildman–Crippen MR) is 139 cm³/mol. The Bertz CT molecular complexity index is 1400. The Kier molecular flexibility index (Phi) is 7.05. The fraction of sp³-hybridized carbons (Fsp3) is 0.0800. The summed E-state index contributed by atoms with van der Waals surface area (Å²) >= 11 is 6.93. The van der Waals surface area contributed by atoms with Crippen molar-refractivity contribution in [1.29, 1.82) is 0 Å². The van der Waals surface area contributed by atoms with E-state index in [2.05, 4.69) is 49.0 Å². The quantitative estimate of drug-likeness (QED) is 0.140. The first kappa shape index (κ1) is 22.9. The van der Waals surface area contributed by atoms with Crippen molar-refractivity contribution in [2.75, 3.05) is 6.61 Å². The molecule has 4 rings (SSSR count). The standard InChI is InChI=1S/C25H19Br2N3O3/c1-2-11-33-25-16(12-17(26)13-20(25)27)14-28-29-23(31)15-30-21-9-5-3-7-18(21)24(32)19-8-4-6-10-22(19)30/h2-10,12-14H,1,11,15H2,(H,29,31)/b28-14+. The van der Waals surface area contributed by atoms with Gasteiger partial charge in [-0.3, -0.25) is 9.59 Å². The van der Waals surface area contributed by atoms with E-state index >= 15 is 0 Å². The van der Waals surface area contributed by atoms with Crippen LogP contribution in [0.25, 0.3) is 21.8 Å². The second-order valence-corrected chi connectivity index (χ2v) is 8.92. The summed E-state index contributed by atoms with van der Waals surface area (Å²) in [7, 11) is 0. The minimum absolute atomic E-state index is 0.000641. The number of carbonyl (C=O) groups is 1. The van der Waals surface area contributed by atoms with Crippen LogP contribution in [0, 0.1) is 0 Å². The molecule has 0 radical (unpaired) electrons. The molecule has 0 saturated carbocycles. The number of pyridine rings is 1. The fourth-order valence-corrected chi connectivity index (χ4v) is 4.94. The van der Waals surface area contributed by atoms with Crippen LogP contribution >= 0.6 is 31.9 Å². The largest absolute Gasteiger partial charge is 0.488 e. The van der Waals surface area contributed by atoms with Crippen LogP contribution < -0.4 is 15.6 Å². The average Bonchev–Trinajstić information content (AvgIpc) is 2.81. The second kappa shape index (κ2) is 10.1. The van der Waals surface area contributed by atoms with Crippen LogP contribution in [0.2, 0.25) is 0 Å². The van der Waals surface area contributed by atoms with Crippen molar-refractivity contribution >= 4 is 65.8 Å². The zero-order valence-electron chi connectivity index (χ0n) is 17.4. The third-order valence-corrected chi connectivity index (χ3v) is 6.00. The molecule has 0 spiro atoms. The van der Waals surface area contributed by atoms with Crippen LogP contribution in [0.4, 0.5) is 0 Å². The number of para-hydroxylation sites is 2. The Balaban J connectivity index is 1.62. The van der Waals surface area contributed by atoms with E-state index in [1.54, 1.807) is 18.2 Å². The molecule has 0 aliphatic rings. The number of amides is 1. The lowest BCUT2D eigenvalue weighted by Crippen LogP contribution is -2.25. The number of nitrogens with zero attached hydrogens (tertiary/aromatic N) is 2. The highest BCUT2D eigenvalue weighted by atomic mass is 79.9. The van der Waals surface area contributed by atoms with Crippen molar-refractivity contribution in [3.63, 3.8) is 0 Å². The first-order chi connectivity index (χ1) is 16.0. The lowest BCUT2D eigenvalue weighted by atomic mass is 10.1. The molecule has 0 fully saturated rings. The van der Waals surface area contributed by atoms with Crippen molar-refractivity contribution in [2.24, 2.45) is 5.10 Å². The molecule has 1 heterocycles. The number of rotatable bonds is 7. The van der Waals surface area contributed by atoms with E-state index in [0.717, 1.165) is 8.95 Å². The molecule has 0 atom stereocenters. The highest BCUT2D eigenvalue weighted by Gasteiger charge is 2.13. The summed E-state index contributed by atoms with van der Waals surface area (Å²) in [4.78, 5) is 25.6. The number of aromatic nitrogens is 1.